The Morgan fingerprint density at radius 1 is 1.32 bits per heavy atom. The fourth-order valence-electron chi connectivity index (χ4n) is 3.58. The zero-order valence-electron chi connectivity index (χ0n) is 16.5. The van der Waals surface area contributed by atoms with Crippen molar-refractivity contribution in [3.8, 4) is 5.75 Å². The molecule has 1 aliphatic rings. The number of rotatable bonds is 9. The lowest BCUT2D eigenvalue weighted by molar-refractivity contribution is -0.140. The van der Waals surface area contributed by atoms with Crippen LogP contribution >= 0.6 is 0 Å². The third kappa shape index (κ3) is 5.69. The van der Waals surface area contributed by atoms with Gasteiger partial charge in [-0.15, -0.1) is 0 Å². The van der Waals surface area contributed by atoms with Gasteiger partial charge in [-0.1, -0.05) is 18.2 Å². The standard InChI is InChI=1S/C20H28N2O6/c1-4-28-18-8-6-5-7-16(18)17(21-13(2)23)11-19(24)22-12-15(27-3)9-14(22)10-20(25)26/h5-8,14-15,17H,4,9-12H2,1-3H3,(H,21,23)(H,25,26). The fraction of sp³-hybridized carbons (Fsp3) is 0.550. The van der Waals surface area contributed by atoms with Crippen LogP contribution in [-0.4, -0.2) is 60.2 Å². The maximum atomic E-state index is 13.0. The van der Waals surface area contributed by atoms with E-state index in [0.717, 1.165) is 0 Å². The van der Waals surface area contributed by atoms with Crippen LogP contribution in [0, 0.1) is 0 Å². The minimum absolute atomic E-state index is 0.0101. The van der Waals surface area contributed by atoms with E-state index in [4.69, 9.17) is 14.6 Å². The second-order valence-electron chi connectivity index (χ2n) is 6.82. The molecule has 2 rings (SSSR count). The van der Waals surface area contributed by atoms with Gasteiger partial charge in [0.15, 0.2) is 0 Å². The topological polar surface area (TPSA) is 105 Å². The molecule has 1 aromatic carbocycles. The van der Waals surface area contributed by atoms with E-state index >= 15 is 0 Å². The van der Waals surface area contributed by atoms with Gasteiger partial charge in [-0.05, 0) is 19.4 Å². The van der Waals surface area contributed by atoms with Crippen LogP contribution in [0.3, 0.4) is 0 Å². The molecule has 1 fully saturated rings. The normalized spacial score (nSPS) is 19.9. The number of hydrogen-bond donors (Lipinski definition) is 2. The first-order chi connectivity index (χ1) is 13.3. The maximum absolute atomic E-state index is 13.0. The number of benzene rings is 1. The molecular weight excluding hydrogens is 364 g/mol. The van der Waals surface area contributed by atoms with E-state index in [1.165, 1.54) is 6.92 Å². The van der Waals surface area contributed by atoms with Crippen LogP contribution in [0.4, 0.5) is 0 Å². The molecule has 2 N–H and O–H groups in total. The molecule has 1 aromatic rings. The van der Waals surface area contributed by atoms with Gasteiger partial charge in [-0.2, -0.15) is 0 Å². The van der Waals surface area contributed by atoms with Gasteiger partial charge in [0, 0.05) is 32.2 Å². The predicted molar refractivity (Wildman–Crippen MR) is 102 cm³/mol. The molecular formula is C20H28N2O6. The largest absolute Gasteiger partial charge is 0.494 e. The van der Waals surface area contributed by atoms with Gasteiger partial charge in [0.05, 0.1) is 31.6 Å². The van der Waals surface area contributed by atoms with Gasteiger partial charge in [0.2, 0.25) is 11.8 Å². The van der Waals surface area contributed by atoms with E-state index < -0.39 is 18.1 Å². The number of methoxy groups -OCH3 is 1. The van der Waals surface area contributed by atoms with E-state index in [0.29, 0.717) is 30.9 Å². The number of likely N-dealkylation sites (tertiary alicyclic amines) is 1. The number of nitrogens with zero attached hydrogens (tertiary/aromatic N) is 1. The Morgan fingerprint density at radius 3 is 2.64 bits per heavy atom. The highest BCUT2D eigenvalue weighted by molar-refractivity contribution is 5.80. The third-order valence-electron chi connectivity index (χ3n) is 4.79. The third-order valence-corrected chi connectivity index (χ3v) is 4.79. The summed E-state index contributed by atoms with van der Waals surface area (Å²) in [5.41, 5.74) is 0.713. The Bertz CT molecular complexity index is 708. The molecule has 0 saturated carbocycles. The van der Waals surface area contributed by atoms with Crippen LogP contribution in [0.5, 0.6) is 5.75 Å². The van der Waals surface area contributed by atoms with Crippen molar-refractivity contribution in [2.45, 2.75) is 51.3 Å². The van der Waals surface area contributed by atoms with E-state index in [1.54, 1.807) is 18.1 Å². The summed E-state index contributed by atoms with van der Waals surface area (Å²) in [5, 5.41) is 12.0. The maximum Gasteiger partial charge on any atom is 0.305 e. The van der Waals surface area contributed by atoms with Crippen molar-refractivity contribution in [1.29, 1.82) is 0 Å². The number of nitrogens with one attached hydrogen (secondary N) is 1. The summed E-state index contributed by atoms with van der Waals surface area (Å²) >= 11 is 0. The van der Waals surface area contributed by atoms with E-state index in [2.05, 4.69) is 5.32 Å². The zero-order chi connectivity index (χ0) is 20.7. The number of hydrogen-bond acceptors (Lipinski definition) is 5. The van der Waals surface area contributed by atoms with Crippen LogP contribution in [0.25, 0.3) is 0 Å². The summed E-state index contributed by atoms with van der Waals surface area (Å²) < 4.78 is 11.0. The number of carboxylic acid groups (broad SMARTS) is 1. The highest BCUT2D eigenvalue weighted by atomic mass is 16.5. The second kappa shape index (κ2) is 10.1. The number of amides is 2. The Labute approximate surface area is 164 Å². The van der Waals surface area contributed by atoms with Gasteiger partial charge in [-0.3, -0.25) is 14.4 Å². The predicted octanol–water partition coefficient (Wildman–Crippen LogP) is 1.74. The van der Waals surface area contributed by atoms with Crippen LogP contribution in [0.1, 0.15) is 44.7 Å². The van der Waals surface area contributed by atoms with Crippen molar-refractivity contribution in [3.05, 3.63) is 29.8 Å². The quantitative estimate of drug-likeness (QED) is 0.663. The highest BCUT2D eigenvalue weighted by Gasteiger charge is 2.37. The Morgan fingerprint density at radius 2 is 2.04 bits per heavy atom. The molecule has 154 valence electrons. The fourth-order valence-corrected chi connectivity index (χ4v) is 3.58. The number of carbonyl (C=O) groups is 3. The van der Waals surface area contributed by atoms with Gasteiger partial charge in [0.1, 0.15) is 5.75 Å². The van der Waals surface area contributed by atoms with Crippen molar-refractivity contribution >= 4 is 17.8 Å². The molecule has 3 unspecified atom stereocenters. The van der Waals surface area contributed by atoms with E-state index in [9.17, 15) is 14.4 Å². The average molecular weight is 392 g/mol. The molecule has 3 atom stereocenters. The monoisotopic (exact) mass is 392 g/mol. The summed E-state index contributed by atoms with van der Waals surface area (Å²) in [7, 11) is 1.55. The number of aliphatic carboxylic acids is 1. The van der Waals surface area contributed by atoms with Crippen molar-refractivity contribution in [3.63, 3.8) is 0 Å². The molecule has 0 aromatic heterocycles. The zero-order valence-corrected chi connectivity index (χ0v) is 16.5. The molecule has 2 amide bonds. The minimum atomic E-state index is -0.959. The first-order valence-corrected chi connectivity index (χ1v) is 9.38. The summed E-state index contributed by atoms with van der Waals surface area (Å²) in [6, 6.07) is 6.27. The summed E-state index contributed by atoms with van der Waals surface area (Å²) in [6.07, 6.45) is 0.167. The molecule has 0 radical (unpaired) electrons. The first kappa shape index (κ1) is 21.7. The Hall–Kier alpha value is -2.61. The molecule has 1 saturated heterocycles. The van der Waals surface area contributed by atoms with Crippen molar-refractivity contribution in [1.82, 2.24) is 10.2 Å². The highest BCUT2D eigenvalue weighted by Crippen LogP contribution is 2.30. The van der Waals surface area contributed by atoms with Gasteiger partial charge in [0.25, 0.3) is 0 Å². The van der Waals surface area contributed by atoms with Crippen molar-refractivity contribution in [2.75, 3.05) is 20.3 Å². The Balaban J connectivity index is 2.22. The molecule has 8 nitrogen and oxygen atoms in total. The number of carboxylic acids is 1. The smallest absolute Gasteiger partial charge is 0.305 e. The van der Waals surface area contributed by atoms with E-state index in [-0.39, 0.29) is 30.8 Å². The molecule has 28 heavy (non-hydrogen) atoms. The summed E-state index contributed by atoms with van der Waals surface area (Å²) in [5.74, 6) is -0.840. The Kier molecular flexibility index (Phi) is 7.80. The molecule has 1 heterocycles. The second-order valence-corrected chi connectivity index (χ2v) is 6.82. The summed E-state index contributed by atoms with van der Waals surface area (Å²) in [6.45, 7) is 4.05. The lowest BCUT2D eigenvalue weighted by Gasteiger charge is -2.27. The lowest BCUT2D eigenvalue weighted by Crippen LogP contribution is -2.40. The first-order valence-electron chi connectivity index (χ1n) is 9.38. The van der Waals surface area contributed by atoms with E-state index in [1.807, 2.05) is 25.1 Å². The van der Waals surface area contributed by atoms with Crippen LogP contribution in [0.15, 0.2) is 24.3 Å². The average Bonchev–Trinajstić information content (AvgIpc) is 3.04. The van der Waals surface area contributed by atoms with Gasteiger partial charge >= 0.3 is 5.97 Å². The SMILES string of the molecule is CCOc1ccccc1C(CC(=O)N1CC(OC)CC1CC(=O)O)NC(C)=O. The van der Waals surface area contributed by atoms with Crippen molar-refractivity contribution in [2.24, 2.45) is 0 Å². The van der Waals surface area contributed by atoms with Gasteiger partial charge < -0.3 is 24.8 Å². The molecule has 0 spiro atoms. The van der Waals surface area contributed by atoms with Gasteiger partial charge in [-0.25, -0.2) is 0 Å². The molecule has 0 aliphatic carbocycles. The molecule has 8 heteroatoms. The van der Waals surface area contributed by atoms with Crippen LogP contribution < -0.4 is 10.1 Å². The number of para-hydroxylation sites is 1. The molecule has 1 aliphatic heterocycles. The minimum Gasteiger partial charge on any atom is -0.494 e. The van der Waals surface area contributed by atoms with Crippen LogP contribution in [0.2, 0.25) is 0 Å². The lowest BCUT2D eigenvalue weighted by atomic mass is 10.0. The number of ether oxygens (including phenoxy) is 2. The number of carbonyl (C=O) groups excluding carboxylic acids is 2. The summed E-state index contributed by atoms with van der Waals surface area (Å²) in [4.78, 5) is 37.5. The van der Waals surface area contributed by atoms with Crippen LogP contribution in [-0.2, 0) is 19.1 Å². The molecule has 0 bridgehead atoms. The van der Waals surface area contributed by atoms with Crippen molar-refractivity contribution < 1.29 is 29.0 Å².